The molecule has 0 bridgehead atoms. The summed E-state index contributed by atoms with van der Waals surface area (Å²) in [5, 5.41) is 0. The zero-order valence-electron chi connectivity index (χ0n) is 11.7. The van der Waals surface area contributed by atoms with Crippen LogP contribution in [0.5, 0.6) is 0 Å². The molecule has 1 aromatic rings. The number of rotatable bonds is 4. The van der Waals surface area contributed by atoms with Crippen LogP contribution in [0, 0.1) is 0 Å². The fraction of sp³-hybridized carbons (Fsp3) is 0.571. The Morgan fingerprint density at radius 2 is 1.38 bits per heavy atom. The number of hydrogen-bond acceptors (Lipinski definition) is 0. The Balaban J connectivity index is 2.98. The Hall–Kier alpha value is 0.817. The molecule has 0 saturated heterocycles. The first kappa shape index (κ1) is 14.9. The molecule has 0 fully saturated rings. The van der Waals surface area contributed by atoms with E-state index >= 15 is 0 Å². The van der Waals surface area contributed by atoms with Crippen molar-refractivity contribution in [3.63, 3.8) is 0 Å². The van der Waals surface area contributed by atoms with Crippen molar-refractivity contribution in [1.82, 2.24) is 0 Å². The summed E-state index contributed by atoms with van der Waals surface area (Å²) in [4.78, 5) is 15.5. The monoisotopic (exact) mass is 434 g/mol. The van der Waals surface area contributed by atoms with Crippen LogP contribution in [0.4, 0.5) is 0 Å². The molecule has 1 unspecified atom stereocenters. The molecule has 0 amide bonds. The first-order valence-electron chi connectivity index (χ1n) is 6.25. The Morgan fingerprint density at radius 1 is 0.875 bits per heavy atom. The van der Waals surface area contributed by atoms with Gasteiger partial charge in [-0.3, -0.25) is 0 Å². The molecule has 0 aliphatic carbocycles. The summed E-state index contributed by atoms with van der Waals surface area (Å²) in [6.07, 6.45) is 0. The molecule has 0 N–H and O–H groups in total. The molecule has 0 heterocycles. The van der Waals surface area contributed by atoms with Crippen LogP contribution in [0.25, 0.3) is 0 Å². The molecule has 16 heavy (non-hydrogen) atoms. The maximum absolute atomic E-state index is 2.59. The minimum atomic E-state index is -1.83. The van der Waals surface area contributed by atoms with Gasteiger partial charge in [0.2, 0.25) is 0 Å². The second-order valence-electron chi connectivity index (χ2n) is 7.09. The van der Waals surface area contributed by atoms with E-state index in [1.165, 1.54) is 4.44 Å². The zero-order chi connectivity index (χ0) is 12.4. The van der Waals surface area contributed by atoms with Crippen LogP contribution in [-0.2, 0) is 0 Å². The molecule has 1 aromatic carbocycles. The average Bonchev–Trinajstić information content (AvgIpc) is 2.13. The maximum atomic E-state index is 2.59. The van der Waals surface area contributed by atoms with Crippen molar-refractivity contribution in [1.29, 1.82) is 0 Å². The SMILES string of the molecule is [CH3][Sn]([CH3])([CH3])[CH2][CH](c1ccccc1)[Sn]([CH3])([CH3])[CH3]. The normalized spacial score (nSPS) is 14.9. The van der Waals surface area contributed by atoms with Gasteiger partial charge in [-0.25, -0.2) is 0 Å². The summed E-state index contributed by atoms with van der Waals surface area (Å²) in [6.45, 7) is 0. The summed E-state index contributed by atoms with van der Waals surface area (Å²) in [5.74, 6) is 0. The second kappa shape index (κ2) is 5.64. The molecule has 0 radical (unpaired) electrons. The van der Waals surface area contributed by atoms with Crippen molar-refractivity contribution in [2.45, 2.75) is 38.0 Å². The van der Waals surface area contributed by atoms with Gasteiger partial charge < -0.3 is 0 Å². The second-order valence-corrected chi connectivity index (χ2v) is 38.4. The Morgan fingerprint density at radius 3 is 1.75 bits per heavy atom. The van der Waals surface area contributed by atoms with Gasteiger partial charge in [0.1, 0.15) is 0 Å². The third kappa shape index (κ3) is 4.99. The van der Waals surface area contributed by atoms with E-state index in [-0.39, 0.29) is 0 Å². The van der Waals surface area contributed by atoms with Gasteiger partial charge >= 0.3 is 111 Å². The van der Waals surface area contributed by atoms with Crippen LogP contribution in [-0.4, -0.2) is 36.8 Å². The van der Waals surface area contributed by atoms with Gasteiger partial charge in [-0.15, -0.1) is 0 Å². The van der Waals surface area contributed by atoms with Gasteiger partial charge in [-0.05, 0) is 0 Å². The topological polar surface area (TPSA) is 0 Å². The van der Waals surface area contributed by atoms with Crippen molar-refractivity contribution < 1.29 is 0 Å². The molecule has 90 valence electrons. The molecular formula is C14H26Sn2. The van der Waals surface area contributed by atoms with Crippen molar-refractivity contribution in [2.24, 2.45) is 0 Å². The molecule has 0 aliphatic rings. The van der Waals surface area contributed by atoms with E-state index in [1.807, 2.05) is 0 Å². The first-order chi connectivity index (χ1) is 7.20. The van der Waals surface area contributed by atoms with E-state index in [0.29, 0.717) is 0 Å². The summed E-state index contributed by atoms with van der Waals surface area (Å²) in [7, 11) is 0. The molecule has 0 nitrogen and oxygen atoms in total. The van der Waals surface area contributed by atoms with Crippen molar-refractivity contribution in [3.05, 3.63) is 35.9 Å². The predicted octanol–water partition coefficient (Wildman–Crippen LogP) is 4.99. The van der Waals surface area contributed by atoms with Crippen LogP contribution in [0.15, 0.2) is 30.3 Å². The quantitative estimate of drug-likeness (QED) is 0.589. The van der Waals surface area contributed by atoms with Crippen LogP contribution in [0.3, 0.4) is 0 Å². The predicted molar refractivity (Wildman–Crippen MR) is 80.7 cm³/mol. The molecule has 1 rings (SSSR count). The summed E-state index contributed by atoms with van der Waals surface area (Å²) in [5.41, 5.74) is 1.62. The van der Waals surface area contributed by atoms with Gasteiger partial charge in [-0.2, -0.15) is 0 Å². The molecule has 0 spiro atoms. The fourth-order valence-electron chi connectivity index (χ4n) is 2.22. The van der Waals surface area contributed by atoms with Crippen molar-refractivity contribution in [2.75, 3.05) is 0 Å². The average molecular weight is 432 g/mol. The Kier molecular flexibility index (Phi) is 5.24. The van der Waals surface area contributed by atoms with Gasteiger partial charge in [0.15, 0.2) is 0 Å². The van der Waals surface area contributed by atoms with Crippen LogP contribution >= 0.6 is 0 Å². The van der Waals surface area contributed by atoms with Crippen molar-refractivity contribution in [3.8, 4) is 0 Å². The molecule has 0 saturated carbocycles. The first-order valence-corrected chi connectivity index (χ1v) is 27.0. The van der Waals surface area contributed by atoms with E-state index in [4.69, 9.17) is 0 Å². The van der Waals surface area contributed by atoms with Gasteiger partial charge in [0, 0.05) is 0 Å². The van der Waals surface area contributed by atoms with Crippen LogP contribution in [0.1, 0.15) is 9.50 Å². The van der Waals surface area contributed by atoms with Gasteiger partial charge in [0.25, 0.3) is 0 Å². The van der Waals surface area contributed by atoms with Crippen LogP contribution in [0.2, 0.25) is 34.1 Å². The third-order valence-electron chi connectivity index (χ3n) is 3.06. The van der Waals surface area contributed by atoms with Crippen LogP contribution < -0.4 is 0 Å². The Labute approximate surface area is 110 Å². The van der Waals surface area contributed by atoms with E-state index in [1.54, 1.807) is 5.56 Å². The van der Waals surface area contributed by atoms with Crippen molar-refractivity contribution >= 4 is 36.8 Å². The Bertz CT molecular complexity index is 317. The summed E-state index contributed by atoms with van der Waals surface area (Å²) >= 11 is -3.51. The van der Waals surface area contributed by atoms with E-state index in [0.717, 1.165) is 3.93 Å². The van der Waals surface area contributed by atoms with Gasteiger partial charge in [-0.1, -0.05) is 0 Å². The van der Waals surface area contributed by atoms with Gasteiger partial charge in [0.05, 0.1) is 0 Å². The zero-order valence-corrected chi connectivity index (χ0v) is 17.4. The third-order valence-corrected chi connectivity index (χ3v) is 18.6. The van der Waals surface area contributed by atoms with E-state index < -0.39 is 36.8 Å². The molecule has 0 aromatic heterocycles. The minimum absolute atomic E-state index is 0.936. The van der Waals surface area contributed by atoms with E-state index in [2.05, 4.69) is 60.0 Å². The summed E-state index contributed by atoms with van der Waals surface area (Å²) in [6, 6.07) is 11.3. The fourth-order valence-corrected chi connectivity index (χ4v) is 35.0. The number of benzene rings is 1. The molecular weight excluding hydrogens is 406 g/mol. The standard InChI is InChI=1S/C8H8.6CH3.2Sn/c1-2-8-6-4-3-5-7-8;;;;;;;;/h2-7H,1H2;6*1H3;;. The summed E-state index contributed by atoms with van der Waals surface area (Å²) < 4.78 is 2.48. The molecule has 0 aliphatic heterocycles. The molecule has 2 heteroatoms. The van der Waals surface area contributed by atoms with E-state index in [9.17, 15) is 0 Å². The molecule has 1 atom stereocenters. The number of hydrogen-bond donors (Lipinski definition) is 0.